The fraction of sp³-hybridized carbons (Fsp3) is 0.222. The maximum absolute atomic E-state index is 12.1. The summed E-state index contributed by atoms with van der Waals surface area (Å²) in [6, 6.07) is 13.9. The van der Waals surface area contributed by atoms with Gasteiger partial charge in [-0.25, -0.2) is 4.98 Å². The van der Waals surface area contributed by atoms with Gasteiger partial charge in [0.15, 0.2) is 5.13 Å². The molecule has 3 aromatic rings. The van der Waals surface area contributed by atoms with E-state index in [1.54, 1.807) is 18.9 Å². The molecule has 0 spiro atoms. The smallest absolute Gasteiger partial charge is 0.226 e. The van der Waals surface area contributed by atoms with E-state index in [2.05, 4.69) is 16.4 Å². The molecule has 0 radical (unpaired) electrons. The average molecular weight is 358 g/mol. The highest BCUT2D eigenvalue weighted by atomic mass is 32.2. The van der Waals surface area contributed by atoms with Gasteiger partial charge in [0.25, 0.3) is 0 Å². The van der Waals surface area contributed by atoms with E-state index in [9.17, 15) is 4.79 Å². The van der Waals surface area contributed by atoms with Crippen molar-refractivity contribution in [2.45, 2.75) is 18.2 Å². The third kappa shape index (κ3) is 4.27. The lowest BCUT2D eigenvalue weighted by atomic mass is 10.2. The summed E-state index contributed by atoms with van der Waals surface area (Å²) < 4.78 is 6.23. The number of rotatable bonds is 6. The van der Waals surface area contributed by atoms with E-state index in [1.807, 2.05) is 43.3 Å². The van der Waals surface area contributed by atoms with Gasteiger partial charge in [0, 0.05) is 17.1 Å². The number of anilines is 1. The van der Waals surface area contributed by atoms with Gasteiger partial charge in [-0.05, 0) is 48.9 Å². The molecule has 4 nitrogen and oxygen atoms in total. The molecule has 24 heavy (non-hydrogen) atoms. The van der Waals surface area contributed by atoms with Crippen molar-refractivity contribution < 1.29 is 9.53 Å². The minimum Gasteiger partial charge on any atom is -0.497 e. The van der Waals surface area contributed by atoms with Crippen molar-refractivity contribution in [3.05, 3.63) is 48.0 Å². The molecule has 1 aromatic heterocycles. The Morgan fingerprint density at radius 2 is 2.04 bits per heavy atom. The second kappa shape index (κ2) is 7.68. The van der Waals surface area contributed by atoms with Crippen molar-refractivity contribution in [2.75, 3.05) is 18.2 Å². The molecule has 1 heterocycles. The molecule has 124 valence electrons. The number of carbonyl (C=O) groups is 1. The Morgan fingerprint density at radius 1 is 1.25 bits per heavy atom. The molecule has 6 heteroatoms. The predicted octanol–water partition coefficient (Wildman–Crippen LogP) is 4.73. The molecule has 1 N–H and O–H groups in total. The molecular weight excluding hydrogens is 340 g/mol. The van der Waals surface area contributed by atoms with Gasteiger partial charge in [0.1, 0.15) is 5.75 Å². The highest BCUT2D eigenvalue weighted by Crippen LogP contribution is 2.27. The van der Waals surface area contributed by atoms with Crippen molar-refractivity contribution in [1.29, 1.82) is 0 Å². The van der Waals surface area contributed by atoms with E-state index in [0.29, 0.717) is 11.6 Å². The van der Waals surface area contributed by atoms with Crippen LogP contribution in [-0.2, 0) is 4.79 Å². The Morgan fingerprint density at radius 3 is 2.79 bits per heavy atom. The van der Waals surface area contributed by atoms with Gasteiger partial charge in [0.05, 0.1) is 17.3 Å². The second-order valence-electron chi connectivity index (χ2n) is 5.31. The molecule has 0 saturated heterocycles. The molecule has 0 aliphatic rings. The van der Waals surface area contributed by atoms with Gasteiger partial charge in [0.2, 0.25) is 5.91 Å². The highest BCUT2D eigenvalue weighted by molar-refractivity contribution is 7.99. The van der Waals surface area contributed by atoms with E-state index in [-0.39, 0.29) is 5.91 Å². The Hall–Kier alpha value is -2.05. The average Bonchev–Trinajstić information content (AvgIpc) is 2.96. The minimum absolute atomic E-state index is 0.00760. The quantitative estimate of drug-likeness (QED) is 0.647. The van der Waals surface area contributed by atoms with Crippen LogP contribution in [0.1, 0.15) is 12.0 Å². The van der Waals surface area contributed by atoms with Crippen LogP contribution in [0.15, 0.2) is 47.4 Å². The SMILES string of the molecule is COc1ccc(SCCC(=O)Nc2nc3ccc(C)cc3s2)cc1. The van der Waals surface area contributed by atoms with Crippen LogP contribution in [0.2, 0.25) is 0 Å². The van der Waals surface area contributed by atoms with Gasteiger partial charge in [-0.2, -0.15) is 0 Å². The first kappa shape index (κ1) is 16.8. The molecule has 0 bridgehead atoms. The number of aromatic nitrogens is 1. The van der Waals surface area contributed by atoms with Crippen molar-refractivity contribution >= 4 is 44.4 Å². The van der Waals surface area contributed by atoms with Crippen LogP contribution in [0.5, 0.6) is 5.75 Å². The lowest BCUT2D eigenvalue weighted by molar-refractivity contribution is -0.115. The van der Waals surface area contributed by atoms with E-state index in [0.717, 1.165) is 26.6 Å². The molecular formula is C18H18N2O2S2. The normalized spacial score (nSPS) is 10.8. The number of nitrogens with one attached hydrogen (secondary N) is 1. The number of thioether (sulfide) groups is 1. The summed E-state index contributed by atoms with van der Waals surface area (Å²) in [4.78, 5) is 17.6. The van der Waals surface area contributed by atoms with E-state index in [4.69, 9.17) is 4.74 Å². The second-order valence-corrected chi connectivity index (χ2v) is 7.51. The number of fused-ring (bicyclic) bond motifs is 1. The largest absolute Gasteiger partial charge is 0.497 e. The first-order valence-electron chi connectivity index (χ1n) is 7.58. The van der Waals surface area contributed by atoms with E-state index < -0.39 is 0 Å². The summed E-state index contributed by atoms with van der Waals surface area (Å²) in [6.45, 7) is 2.05. The number of amides is 1. The zero-order valence-corrected chi connectivity index (χ0v) is 15.2. The lowest BCUT2D eigenvalue weighted by Gasteiger charge is -2.03. The first-order chi connectivity index (χ1) is 11.6. The summed E-state index contributed by atoms with van der Waals surface area (Å²) in [6.07, 6.45) is 0.450. The number of hydrogen-bond donors (Lipinski definition) is 1. The minimum atomic E-state index is -0.00760. The van der Waals surface area contributed by atoms with Crippen molar-refractivity contribution in [3.8, 4) is 5.75 Å². The van der Waals surface area contributed by atoms with Crippen molar-refractivity contribution in [3.63, 3.8) is 0 Å². The van der Waals surface area contributed by atoms with Crippen LogP contribution >= 0.6 is 23.1 Å². The fourth-order valence-corrected chi connectivity index (χ4v) is 4.03. The number of carbonyl (C=O) groups excluding carboxylic acids is 1. The van der Waals surface area contributed by atoms with Crippen LogP contribution < -0.4 is 10.1 Å². The third-order valence-electron chi connectivity index (χ3n) is 3.45. The Labute approximate surface area is 149 Å². The van der Waals surface area contributed by atoms with Gasteiger partial charge in [-0.3, -0.25) is 4.79 Å². The number of nitrogens with zero attached hydrogens (tertiary/aromatic N) is 1. The number of aryl methyl sites for hydroxylation is 1. The molecule has 0 unspecified atom stereocenters. The molecule has 0 aliphatic heterocycles. The van der Waals surface area contributed by atoms with Crippen molar-refractivity contribution in [2.24, 2.45) is 0 Å². The summed E-state index contributed by atoms with van der Waals surface area (Å²) in [5, 5.41) is 3.55. The summed E-state index contributed by atoms with van der Waals surface area (Å²) in [5.41, 5.74) is 2.12. The van der Waals surface area contributed by atoms with E-state index in [1.165, 1.54) is 16.9 Å². The zero-order valence-electron chi connectivity index (χ0n) is 13.5. The van der Waals surface area contributed by atoms with Crippen LogP contribution in [0.25, 0.3) is 10.2 Å². The summed E-state index contributed by atoms with van der Waals surface area (Å²) >= 11 is 3.16. The van der Waals surface area contributed by atoms with Crippen LogP contribution in [0, 0.1) is 6.92 Å². The lowest BCUT2D eigenvalue weighted by Crippen LogP contribution is -2.11. The maximum atomic E-state index is 12.1. The third-order valence-corrected chi connectivity index (χ3v) is 5.39. The van der Waals surface area contributed by atoms with Crippen LogP contribution in [0.4, 0.5) is 5.13 Å². The summed E-state index contributed by atoms with van der Waals surface area (Å²) in [7, 11) is 1.65. The highest BCUT2D eigenvalue weighted by Gasteiger charge is 2.08. The van der Waals surface area contributed by atoms with Gasteiger partial charge >= 0.3 is 0 Å². The molecule has 3 rings (SSSR count). The van der Waals surface area contributed by atoms with Crippen LogP contribution in [-0.4, -0.2) is 23.8 Å². The summed E-state index contributed by atoms with van der Waals surface area (Å²) in [5.74, 6) is 1.55. The zero-order chi connectivity index (χ0) is 16.9. The topological polar surface area (TPSA) is 51.2 Å². The number of benzene rings is 2. The van der Waals surface area contributed by atoms with Gasteiger partial charge in [-0.1, -0.05) is 17.4 Å². The number of ether oxygens (including phenoxy) is 1. The van der Waals surface area contributed by atoms with Crippen molar-refractivity contribution in [1.82, 2.24) is 4.98 Å². The predicted molar refractivity (Wildman–Crippen MR) is 101 cm³/mol. The first-order valence-corrected chi connectivity index (χ1v) is 9.38. The monoisotopic (exact) mass is 358 g/mol. The number of methoxy groups -OCH3 is 1. The Bertz CT molecular complexity index is 844. The Balaban J connectivity index is 1.51. The number of hydrogen-bond acceptors (Lipinski definition) is 5. The molecule has 0 atom stereocenters. The van der Waals surface area contributed by atoms with E-state index >= 15 is 0 Å². The maximum Gasteiger partial charge on any atom is 0.226 e. The molecule has 0 saturated carbocycles. The molecule has 0 fully saturated rings. The van der Waals surface area contributed by atoms with Crippen LogP contribution in [0.3, 0.4) is 0 Å². The molecule has 2 aromatic carbocycles. The Kier molecular flexibility index (Phi) is 5.37. The standard InChI is InChI=1S/C18H18N2O2S2/c1-12-3-8-15-16(11-12)24-18(19-15)20-17(21)9-10-23-14-6-4-13(22-2)5-7-14/h3-8,11H,9-10H2,1-2H3,(H,19,20,21). The number of thiazole rings is 1. The fourth-order valence-electron chi connectivity index (χ4n) is 2.20. The molecule has 0 aliphatic carbocycles. The molecule has 1 amide bonds. The van der Waals surface area contributed by atoms with Gasteiger partial charge in [-0.15, -0.1) is 11.8 Å². The van der Waals surface area contributed by atoms with Gasteiger partial charge < -0.3 is 10.1 Å².